The van der Waals surface area contributed by atoms with Gasteiger partial charge in [-0.15, -0.1) is 0 Å². The molecule has 1 aliphatic rings. The van der Waals surface area contributed by atoms with E-state index in [1.807, 2.05) is 18.2 Å². The van der Waals surface area contributed by atoms with Crippen LogP contribution in [0, 0.1) is 0 Å². The topological polar surface area (TPSA) is 68.7 Å². The lowest BCUT2D eigenvalue weighted by atomic mass is 10.1. The first kappa shape index (κ1) is 18.9. The SMILES string of the molecule is CCOC(=O)CCC(=O)N1CCC(Oc2nc3c(Cl)cccc3s2)CC1. The molecule has 0 unspecified atom stereocenters. The van der Waals surface area contributed by atoms with E-state index in [-0.39, 0.29) is 30.8 Å². The Morgan fingerprint density at radius 1 is 1.31 bits per heavy atom. The Labute approximate surface area is 161 Å². The molecule has 8 heteroatoms. The van der Waals surface area contributed by atoms with E-state index < -0.39 is 0 Å². The van der Waals surface area contributed by atoms with Crippen LogP contribution < -0.4 is 4.74 Å². The molecule has 0 bridgehead atoms. The Morgan fingerprint density at radius 2 is 2.08 bits per heavy atom. The Hall–Kier alpha value is -1.86. The molecule has 2 heterocycles. The van der Waals surface area contributed by atoms with Crippen molar-refractivity contribution in [2.75, 3.05) is 19.7 Å². The second-order valence-corrected chi connectivity index (χ2v) is 7.47. The van der Waals surface area contributed by atoms with Crippen molar-refractivity contribution < 1.29 is 19.1 Å². The average Bonchev–Trinajstić information content (AvgIpc) is 3.04. The van der Waals surface area contributed by atoms with Crippen LogP contribution in [-0.4, -0.2) is 47.6 Å². The number of ether oxygens (including phenoxy) is 2. The second kappa shape index (κ2) is 8.68. The molecule has 2 aromatic rings. The first-order valence-electron chi connectivity index (χ1n) is 8.72. The molecule has 1 fully saturated rings. The third-order valence-corrected chi connectivity index (χ3v) is 5.48. The highest BCUT2D eigenvalue weighted by Crippen LogP contribution is 2.33. The summed E-state index contributed by atoms with van der Waals surface area (Å²) >= 11 is 7.63. The summed E-state index contributed by atoms with van der Waals surface area (Å²) in [5, 5.41) is 1.23. The van der Waals surface area contributed by atoms with E-state index in [0.29, 0.717) is 29.9 Å². The predicted octanol–water partition coefficient (Wildman–Crippen LogP) is 3.66. The lowest BCUT2D eigenvalue weighted by Crippen LogP contribution is -2.41. The molecule has 1 amide bonds. The number of carbonyl (C=O) groups excluding carboxylic acids is 2. The Balaban J connectivity index is 1.48. The molecule has 26 heavy (non-hydrogen) atoms. The summed E-state index contributed by atoms with van der Waals surface area (Å²) in [6, 6.07) is 5.68. The number of halogens is 1. The fourth-order valence-corrected chi connectivity index (χ4v) is 4.09. The standard InChI is InChI=1S/C18H21ClN2O4S/c1-2-24-16(23)7-6-15(22)21-10-8-12(9-11-21)25-18-20-17-13(19)4-3-5-14(17)26-18/h3-5,12H,2,6-11H2,1H3. The van der Waals surface area contributed by atoms with E-state index in [9.17, 15) is 9.59 Å². The number of benzene rings is 1. The van der Waals surface area contributed by atoms with Crippen LogP contribution in [0.25, 0.3) is 10.2 Å². The zero-order valence-electron chi connectivity index (χ0n) is 14.6. The van der Waals surface area contributed by atoms with Crippen LogP contribution in [0.5, 0.6) is 5.19 Å². The summed E-state index contributed by atoms with van der Waals surface area (Å²) in [6.07, 6.45) is 1.85. The molecule has 1 saturated heterocycles. The van der Waals surface area contributed by atoms with Gasteiger partial charge in [0.25, 0.3) is 5.19 Å². The minimum absolute atomic E-state index is 0.0109. The van der Waals surface area contributed by atoms with Gasteiger partial charge in [0.2, 0.25) is 5.91 Å². The molecule has 140 valence electrons. The van der Waals surface area contributed by atoms with Crippen molar-refractivity contribution in [3.8, 4) is 5.19 Å². The number of rotatable bonds is 6. The van der Waals surface area contributed by atoms with Gasteiger partial charge >= 0.3 is 5.97 Å². The van der Waals surface area contributed by atoms with Gasteiger partial charge in [0.05, 0.1) is 22.8 Å². The summed E-state index contributed by atoms with van der Waals surface area (Å²) in [7, 11) is 0. The third kappa shape index (κ3) is 4.65. The lowest BCUT2D eigenvalue weighted by molar-refractivity contribution is -0.146. The predicted molar refractivity (Wildman–Crippen MR) is 101 cm³/mol. The summed E-state index contributed by atoms with van der Waals surface area (Å²) in [5.74, 6) is -0.336. The average molecular weight is 397 g/mol. The maximum atomic E-state index is 12.2. The molecular weight excluding hydrogens is 376 g/mol. The van der Waals surface area contributed by atoms with Gasteiger partial charge < -0.3 is 14.4 Å². The molecule has 0 atom stereocenters. The summed E-state index contributed by atoms with van der Waals surface area (Å²) in [6.45, 7) is 3.34. The van der Waals surface area contributed by atoms with Gasteiger partial charge in [-0.2, -0.15) is 0 Å². The maximum absolute atomic E-state index is 12.2. The van der Waals surface area contributed by atoms with E-state index in [2.05, 4.69) is 4.98 Å². The van der Waals surface area contributed by atoms with Gasteiger partial charge in [0.15, 0.2) is 0 Å². The lowest BCUT2D eigenvalue weighted by Gasteiger charge is -2.31. The molecule has 1 aromatic carbocycles. The summed E-state index contributed by atoms with van der Waals surface area (Å²) in [5.41, 5.74) is 0.765. The molecule has 0 aliphatic carbocycles. The normalized spacial score (nSPS) is 15.2. The number of carbonyl (C=O) groups is 2. The van der Waals surface area contributed by atoms with E-state index in [1.54, 1.807) is 11.8 Å². The summed E-state index contributed by atoms with van der Waals surface area (Å²) in [4.78, 5) is 29.8. The number of hydrogen-bond acceptors (Lipinski definition) is 6. The number of piperidine rings is 1. The largest absolute Gasteiger partial charge is 0.467 e. The first-order chi connectivity index (χ1) is 12.6. The van der Waals surface area contributed by atoms with Gasteiger partial charge in [-0.3, -0.25) is 9.59 Å². The summed E-state index contributed by atoms with van der Waals surface area (Å²) < 4.78 is 11.8. The highest BCUT2D eigenvalue weighted by molar-refractivity contribution is 7.20. The molecule has 1 aromatic heterocycles. The van der Waals surface area contributed by atoms with Crippen molar-refractivity contribution in [2.45, 2.75) is 38.7 Å². The van der Waals surface area contributed by atoms with Crippen LogP contribution in [0.4, 0.5) is 0 Å². The van der Waals surface area contributed by atoms with E-state index in [4.69, 9.17) is 21.1 Å². The van der Waals surface area contributed by atoms with Crippen molar-refractivity contribution in [2.24, 2.45) is 0 Å². The van der Waals surface area contributed by atoms with Crippen molar-refractivity contribution >= 4 is 45.0 Å². The van der Waals surface area contributed by atoms with Crippen molar-refractivity contribution in [1.29, 1.82) is 0 Å². The van der Waals surface area contributed by atoms with Crippen LogP contribution in [0.1, 0.15) is 32.6 Å². The van der Waals surface area contributed by atoms with Crippen LogP contribution >= 0.6 is 22.9 Å². The van der Waals surface area contributed by atoms with E-state index in [1.165, 1.54) is 11.3 Å². The van der Waals surface area contributed by atoms with Gasteiger partial charge in [0, 0.05) is 32.4 Å². The van der Waals surface area contributed by atoms with Gasteiger partial charge in [-0.05, 0) is 19.1 Å². The monoisotopic (exact) mass is 396 g/mol. The molecule has 0 spiro atoms. The highest BCUT2D eigenvalue weighted by Gasteiger charge is 2.25. The van der Waals surface area contributed by atoms with Crippen molar-refractivity contribution in [1.82, 2.24) is 9.88 Å². The van der Waals surface area contributed by atoms with Crippen molar-refractivity contribution in [3.05, 3.63) is 23.2 Å². The Kier molecular flexibility index (Phi) is 6.32. The van der Waals surface area contributed by atoms with Gasteiger partial charge in [-0.25, -0.2) is 4.98 Å². The quantitative estimate of drug-likeness (QED) is 0.697. The van der Waals surface area contributed by atoms with E-state index in [0.717, 1.165) is 23.1 Å². The number of amides is 1. The number of fused-ring (bicyclic) bond motifs is 1. The van der Waals surface area contributed by atoms with Gasteiger partial charge in [-0.1, -0.05) is 29.0 Å². The molecule has 3 rings (SSSR count). The molecule has 0 radical (unpaired) electrons. The van der Waals surface area contributed by atoms with Crippen LogP contribution in [-0.2, 0) is 14.3 Å². The number of nitrogens with zero attached hydrogens (tertiary/aromatic N) is 2. The second-order valence-electron chi connectivity index (χ2n) is 6.07. The van der Waals surface area contributed by atoms with Crippen LogP contribution in [0.3, 0.4) is 0 Å². The smallest absolute Gasteiger partial charge is 0.306 e. The Bertz CT molecular complexity index is 787. The maximum Gasteiger partial charge on any atom is 0.306 e. The minimum Gasteiger partial charge on any atom is -0.467 e. The number of para-hydroxylation sites is 1. The third-order valence-electron chi connectivity index (χ3n) is 4.26. The number of aromatic nitrogens is 1. The minimum atomic E-state index is -0.325. The zero-order chi connectivity index (χ0) is 18.5. The van der Waals surface area contributed by atoms with E-state index >= 15 is 0 Å². The highest BCUT2D eigenvalue weighted by atomic mass is 35.5. The number of hydrogen-bond donors (Lipinski definition) is 0. The fourth-order valence-electron chi connectivity index (χ4n) is 2.91. The zero-order valence-corrected chi connectivity index (χ0v) is 16.1. The Morgan fingerprint density at radius 3 is 2.77 bits per heavy atom. The molecule has 0 N–H and O–H groups in total. The number of esters is 1. The first-order valence-corrected chi connectivity index (χ1v) is 9.91. The van der Waals surface area contributed by atoms with Gasteiger partial charge in [0.1, 0.15) is 11.6 Å². The molecule has 6 nitrogen and oxygen atoms in total. The number of likely N-dealkylation sites (tertiary alicyclic amines) is 1. The molecule has 1 aliphatic heterocycles. The van der Waals surface area contributed by atoms with Crippen molar-refractivity contribution in [3.63, 3.8) is 0 Å². The van der Waals surface area contributed by atoms with Crippen LogP contribution in [0.15, 0.2) is 18.2 Å². The number of thiazole rings is 1. The fraction of sp³-hybridized carbons (Fsp3) is 0.500. The van der Waals surface area contributed by atoms with Crippen LogP contribution in [0.2, 0.25) is 5.02 Å². The molecular formula is C18H21ClN2O4S. The molecule has 0 saturated carbocycles.